The summed E-state index contributed by atoms with van der Waals surface area (Å²) in [5, 5.41) is 3.02. The van der Waals surface area contributed by atoms with Crippen molar-refractivity contribution in [1.82, 2.24) is 9.97 Å². The van der Waals surface area contributed by atoms with Crippen LogP contribution >= 0.6 is 11.6 Å². The number of nitrogens with zero attached hydrogens (tertiary/aromatic N) is 2. The van der Waals surface area contributed by atoms with Crippen LogP contribution in [0, 0.1) is 12.7 Å². The summed E-state index contributed by atoms with van der Waals surface area (Å²) in [7, 11) is 0. The molecule has 0 saturated heterocycles. The predicted molar refractivity (Wildman–Crippen MR) is 122 cm³/mol. The first-order valence-electron chi connectivity index (χ1n) is 10.1. The van der Waals surface area contributed by atoms with E-state index in [2.05, 4.69) is 15.3 Å². The van der Waals surface area contributed by atoms with E-state index in [1.807, 2.05) is 19.1 Å². The van der Waals surface area contributed by atoms with Crippen molar-refractivity contribution in [1.29, 1.82) is 0 Å². The van der Waals surface area contributed by atoms with Crippen LogP contribution in [0.2, 0.25) is 5.02 Å². The Morgan fingerprint density at radius 2 is 1.84 bits per heavy atom. The number of hydrogen-bond acceptors (Lipinski definition) is 5. The number of halogens is 2. The Balaban J connectivity index is 1.73. The van der Waals surface area contributed by atoms with Crippen LogP contribution in [-0.2, 0) is 17.8 Å². The molecule has 0 radical (unpaired) electrons. The van der Waals surface area contributed by atoms with Gasteiger partial charge in [-0.15, -0.1) is 0 Å². The van der Waals surface area contributed by atoms with Gasteiger partial charge in [-0.2, -0.15) is 0 Å². The van der Waals surface area contributed by atoms with Gasteiger partial charge in [-0.3, -0.25) is 10.3 Å². The molecule has 0 unspecified atom stereocenters. The molecule has 2 heterocycles. The quantitative estimate of drug-likeness (QED) is 0.484. The van der Waals surface area contributed by atoms with Crippen molar-refractivity contribution in [2.45, 2.75) is 46.3 Å². The Morgan fingerprint density at radius 1 is 1.12 bits per heavy atom. The second kappa shape index (κ2) is 9.96. The highest BCUT2D eigenvalue weighted by Crippen LogP contribution is 2.26. The fourth-order valence-corrected chi connectivity index (χ4v) is 3.05. The van der Waals surface area contributed by atoms with Gasteiger partial charge in [0.1, 0.15) is 18.0 Å². The molecule has 3 rings (SSSR count). The summed E-state index contributed by atoms with van der Waals surface area (Å²) < 4.78 is 26.1. The number of aromatic nitrogens is 2. The summed E-state index contributed by atoms with van der Waals surface area (Å²) in [5.41, 5.74) is 2.29. The molecule has 2 aromatic heterocycles. The largest absolute Gasteiger partial charge is 0.487 e. The molecule has 32 heavy (non-hydrogen) atoms. The van der Waals surface area contributed by atoms with E-state index in [0.717, 1.165) is 16.7 Å². The minimum Gasteiger partial charge on any atom is -0.487 e. The summed E-state index contributed by atoms with van der Waals surface area (Å²) in [6, 6.07) is 8.95. The lowest BCUT2D eigenvalue weighted by Crippen LogP contribution is -2.28. The summed E-state index contributed by atoms with van der Waals surface area (Å²) in [6.45, 7) is 7.43. The lowest BCUT2D eigenvalue weighted by molar-refractivity contribution is 0.0634. The summed E-state index contributed by atoms with van der Waals surface area (Å²) in [5.74, 6) is -0.193. The first-order chi connectivity index (χ1) is 15.1. The molecular formula is C24H25ClFN3O3. The molecule has 0 spiro atoms. The first-order valence-corrected chi connectivity index (χ1v) is 10.4. The van der Waals surface area contributed by atoms with Crippen molar-refractivity contribution < 1.29 is 18.7 Å². The number of anilines is 1. The zero-order valence-corrected chi connectivity index (χ0v) is 19.2. The molecule has 1 amide bonds. The van der Waals surface area contributed by atoms with E-state index in [-0.39, 0.29) is 12.2 Å². The minimum absolute atomic E-state index is 0.183. The second-order valence-corrected chi connectivity index (χ2v) is 8.71. The lowest BCUT2D eigenvalue weighted by atomic mass is 10.0. The second-order valence-electron chi connectivity index (χ2n) is 8.27. The molecule has 0 aliphatic carbocycles. The van der Waals surface area contributed by atoms with Crippen LogP contribution in [0.4, 0.5) is 15.0 Å². The molecule has 0 bridgehead atoms. The molecule has 3 aromatic rings. The smallest absolute Gasteiger partial charge is 0.413 e. The Bertz CT molecular complexity index is 1100. The predicted octanol–water partition coefficient (Wildman–Crippen LogP) is 6.09. The fraction of sp³-hybridized carbons (Fsp3) is 0.292. The van der Waals surface area contributed by atoms with Crippen LogP contribution < -0.4 is 10.1 Å². The molecule has 6 nitrogen and oxygen atoms in total. The van der Waals surface area contributed by atoms with Crippen LogP contribution in [0.15, 0.2) is 48.9 Å². The van der Waals surface area contributed by atoms with Crippen LogP contribution in [0.1, 0.15) is 43.0 Å². The van der Waals surface area contributed by atoms with E-state index >= 15 is 0 Å². The highest BCUT2D eigenvalue weighted by Gasteiger charge is 2.19. The van der Waals surface area contributed by atoms with Gasteiger partial charge < -0.3 is 9.47 Å². The van der Waals surface area contributed by atoms with Crippen molar-refractivity contribution in [3.05, 3.63) is 82.0 Å². The average molecular weight is 458 g/mol. The maximum atomic E-state index is 15.0. The molecule has 1 N–H and O–H groups in total. The molecule has 0 saturated carbocycles. The number of pyridine rings is 2. The topological polar surface area (TPSA) is 73.3 Å². The monoisotopic (exact) mass is 457 g/mol. The van der Waals surface area contributed by atoms with E-state index in [4.69, 9.17) is 21.1 Å². The standard InChI is InChI=1S/C24H25ClFN3O3/c1-15-18(12-27-13-20(15)31-14-16-5-7-19(25)8-6-16)11-17-9-10-28-22(21(17)26)29-23(30)32-24(2,3)4/h5-10,12-13H,11,14H2,1-4H3,(H,28,29,30). The number of amides is 1. The summed E-state index contributed by atoms with van der Waals surface area (Å²) >= 11 is 5.92. The van der Waals surface area contributed by atoms with Crippen molar-refractivity contribution in [2.75, 3.05) is 5.32 Å². The highest BCUT2D eigenvalue weighted by atomic mass is 35.5. The first kappa shape index (κ1) is 23.5. The summed E-state index contributed by atoms with van der Waals surface area (Å²) in [6.07, 6.45) is 4.23. The van der Waals surface area contributed by atoms with Gasteiger partial charge in [-0.1, -0.05) is 23.7 Å². The third kappa shape index (κ3) is 6.40. The fourth-order valence-electron chi connectivity index (χ4n) is 2.93. The maximum Gasteiger partial charge on any atom is 0.413 e. The van der Waals surface area contributed by atoms with Crippen molar-refractivity contribution >= 4 is 23.5 Å². The number of rotatable bonds is 6. The third-order valence-electron chi connectivity index (χ3n) is 4.55. The Hall–Kier alpha value is -3.19. The lowest BCUT2D eigenvalue weighted by Gasteiger charge is -2.19. The highest BCUT2D eigenvalue weighted by molar-refractivity contribution is 6.30. The van der Waals surface area contributed by atoms with E-state index in [1.165, 1.54) is 6.20 Å². The average Bonchev–Trinajstić information content (AvgIpc) is 2.71. The molecule has 0 aliphatic rings. The summed E-state index contributed by atoms with van der Waals surface area (Å²) in [4.78, 5) is 20.1. The van der Waals surface area contributed by atoms with E-state index in [1.54, 1.807) is 51.4 Å². The molecule has 0 fully saturated rings. The van der Waals surface area contributed by atoms with Crippen molar-refractivity contribution in [3.8, 4) is 5.75 Å². The van der Waals surface area contributed by atoms with Gasteiger partial charge in [-0.25, -0.2) is 14.2 Å². The Labute approximate surface area is 191 Å². The van der Waals surface area contributed by atoms with Gasteiger partial charge >= 0.3 is 6.09 Å². The zero-order chi connectivity index (χ0) is 23.3. The van der Waals surface area contributed by atoms with Gasteiger partial charge in [0.2, 0.25) is 0 Å². The molecule has 8 heteroatoms. The maximum absolute atomic E-state index is 15.0. The van der Waals surface area contributed by atoms with Crippen LogP contribution in [-0.4, -0.2) is 21.7 Å². The molecule has 1 aromatic carbocycles. The number of carbonyl (C=O) groups excluding carboxylic acids is 1. The van der Waals surface area contributed by atoms with Gasteiger partial charge in [0.15, 0.2) is 11.6 Å². The zero-order valence-electron chi connectivity index (χ0n) is 18.4. The molecule has 168 valence electrons. The van der Waals surface area contributed by atoms with Gasteiger partial charge in [0.25, 0.3) is 0 Å². The van der Waals surface area contributed by atoms with E-state index in [9.17, 15) is 9.18 Å². The van der Waals surface area contributed by atoms with Gasteiger partial charge in [-0.05, 0) is 68.1 Å². The molecule has 0 atom stereocenters. The van der Waals surface area contributed by atoms with E-state index < -0.39 is 17.5 Å². The van der Waals surface area contributed by atoms with Crippen molar-refractivity contribution in [3.63, 3.8) is 0 Å². The van der Waals surface area contributed by atoms with Crippen LogP contribution in [0.3, 0.4) is 0 Å². The van der Waals surface area contributed by atoms with E-state index in [0.29, 0.717) is 22.9 Å². The number of nitrogens with one attached hydrogen (secondary N) is 1. The number of hydrogen-bond donors (Lipinski definition) is 1. The minimum atomic E-state index is -0.767. The Kier molecular flexibility index (Phi) is 7.30. The Morgan fingerprint density at radius 3 is 2.53 bits per heavy atom. The SMILES string of the molecule is Cc1c(Cc2ccnc(NC(=O)OC(C)(C)C)c2F)cncc1OCc1ccc(Cl)cc1. The number of benzene rings is 1. The molecule has 0 aliphatic heterocycles. The van der Waals surface area contributed by atoms with Crippen molar-refractivity contribution in [2.24, 2.45) is 0 Å². The van der Waals surface area contributed by atoms with Gasteiger partial charge in [0, 0.05) is 23.8 Å². The normalized spacial score (nSPS) is 11.2. The molecular weight excluding hydrogens is 433 g/mol. The number of carbonyl (C=O) groups is 1. The third-order valence-corrected chi connectivity index (χ3v) is 4.80. The van der Waals surface area contributed by atoms with Crippen LogP contribution in [0.5, 0.6) is 5.75 Å². The van der Waals surface area contributed by atoms with Crippen LogP contribution in [0.25, 0.3) is 0 Å². The number of ether oxygens (including phenoxy) is 2. The van der Waals surface area contributed by atoms with Gasteiger partial charge in [0.05, 0.1) is 6.20 Å².